The normalized spacial score (nSPS) is 16.8. The maximum absolute atomic E-state index is 2.46. The Hall–Kier alpha value is -4.68. The van der Waals surface area contributed by atoms with E-state index in [0.717, 1.165) is 0 Å². The molecule has 0 unspecified atom stereocenters. The maximum atomic E-state index is 2.46. The molecule has 0 bridgehead atoms. The molecule has 3 aliphatic carbocycles. The highest BCUT2D eigenvalue weighted by molar-refractivity contribution is 5.89. The topological polar surface area (TPSA) is 0 Å². The van der Waals surface area contributed by atoms with Crippen molar-refractivity contribution in [1.29, 1.82) is 0 Å². The highest BCUT2D eigenvalue weighted by Crippen LogP contribution is 2.53. The highest BCUT2D eigenvalue weighted by atomic mass is 14.4. The zero-order chi connectivity index (χ0) is 30.9. The van der Waals surface area contributed by atoms with Gasteiger partial charge in [0.1, 0.15) is 0 Å². The molecule has 6 aromatic rings. The molecule has 0 aromatic heterocycles. The second-order valence-corrected chi connectivity index (χ2v) is 15.0. The Morgan fingerprint density at radius 1 is 0.267 bits per heavy atom. The molecule has 0 amide bonds. The number of fused-ring (bicyclic) bond motifs is 9. The van der Waals surface area contributed by atoms with Crippen LogP contribution in [-0.4, -0.2) is 0 Å². The Bertz CT molecular complexity index is 2080. The second kappa shape index (κ2) is 8.73. The number of hydrogen-bond donors (Lipinski definition) is 0. The molecule has 0 heterocycles. The molecule has 45 heavy (non-hydrogen) atoms. The first-order valence-corrected chi connectivity index (χ1v) is 16.4. The van der Waals surface area contributed by atoms with Crippen molar-refractivity contribution in [2.24, 2.45) is 0 Å². The smallest absolute Gasteiger partial charge is 0.0159 e. The Morgan fingerprint density at radius 2 is 0.511 bits per heavy atom. The second-order valence-electron chi connectivity index (χ2n) is 15.0. The van der Waals surface area contributed by atoms with Crippen molar-refractivity contribution >= 4 is 0 Å². The van der Waals surface area contributed by atoms with Gasteiger partial charge in [-0.2, -0.15) is 0 Å². The lowest BCUT2D eigenvalue weighted by atomic mass is 9.79. The van der Waals surface area contributed by atoms with Crippen molar-refractivity contribution in [3.05, 3.63) is 155 Å². The van der Waals surface area contributed by atoms with Gasteiger partial charge in [0.2, 0.25) is 0 Å². The third kappa shape index (κ3) is 3.49. The zero-order valence-electron chi connectivity index (χ0n) is 27.0. The minimum Gasteiger partial charge on any atom is -0.0619 e. The largest absolute Gasteiger partial charge is 0.0619 e. The van der Waals surface area contributed by atoms with E-state index in [-0.39, 0.29) is 16.2 Å². The Balaban J connectivity index is 1.10. The summed E-state index contributed by atoms with van der Waals surface area (Å²) in [5.41, 5.74) is 21.9. The van der Waals surface area contributed by atoms with Crippen LogP contribution in [-0.2, 0) is 16.2 Å². The van der Waals surface area contributed by atoms with Crippen molar-refractivity contribution in [2.45, 2.75) is 57.8 Å². The molecule has 0 saturated heterocycles. The third-order valence-corrected chi connectivity index (χ3v) is 11.5. The van der Waals surface area contributed by atoms with E-state index in [1.165, 1.54) is 89.0 Å². The Kier molecular flexibility index (Phi) is 5.18. The zero-order valence-corrected chi connectivity index (χ0v) is 27.0. The lowest BCUT2D eigenvalue weighted by Gasteiger charge is -2.24. The molecular weight excluding hydrogens is 540 g/mol. The first-order valence-electron chi connectivity index (χ1n) is 16.4. The summed E-state index contributed by atoms with van der Waals surface area (Å²) in [6.07, 6.45) is 0. The van der Waals surface area contributed by atoms with Gasteiger partial charge < -0.3 is 0 Å². The molecule has 0 heteroatoms. The van der Waals surface area contributed by atoms with Gasteiger partial charge >= 0.3 is 0 Å². The van der Waals surface area contributed by atoms with Gasteiger partial charge in [-0.1, -0.05) is 139 Å². The third-order valence-electron chi connectivity index (χ3n) is 11.5. The van der Waals surface area contributed by atoms with Crippen molar-refractivity contribution in [2.75, 3.05) is 0 Å². The van der Waals surface area contributed by atoms with Gasteiger partial charge in [0.15, 0.2) is 0 Å². The molecule has 6 aromatic carbocycles. The van der Waals surface area contributed by atoms with E-state index in [1.54, 1.807) is 0 Å². The molecule has 0 saturated carbocycles. The molecule has 0 aliphatic heterocycles. The fraction of sp³-hybridized carbons (Fsp3) is 0.200. The van der Waals surface area contributed by atoms with Crippen molar-refractivity contribution in [3.63, 3.8) is 0 Å². The van der Waals surface area contributed by atoms with E-state index in [1.807, 2.05) is 0 Å². The lowest BCUT2D eigenvalue weighted by molar-refractivity contribution is 0.659. The van der Waals surface area contributed by atoms with Crippen LogP contribution >= 0.6 is 0 Å². The average Bonchev–Trinajstić information content (AvgIpc) is 3.53. The molecule has 0 spiro atoms. The van der Waals surface area contributed by atoms with Crippen LogP contribution in [0, 0.1) is 0 Å². The van der Waals surface area contributed by atoms with Gasteiger partial charge in [0.05, 0.1) is 0 Å². The van der Waals surface area contributed by atoms with Gasteiger partial charge in [0, 0.05) is 16.2 Å². The molecule has 3 aliphatic rings. The molecule has 218 valence electrons. The number of rotatable bonds is 2. The van der Waals surface area contributed by atoms with Crippen molar-refractivity contribution in [3.8, 4) is 55.6 Å². The maximum Gasteiger partial charge on any atom is 0.0159 e. The van der Waals surface area contributed by atoms with Crippen LogP contribution in [0.5, 0.6) is 0 Å². The summed E-state index contributed by atoms with van der Waals surface area (Å²) < 4.78 is 0. The Morgan fingerprint density at radius 3 is 0.822 bits per heavy atom. The van der Waals surface area contributed by atoms with E-state index in [0.29, 0.717) is 0 Å². The molecule has 0 radical (unpaired) electrons. The minimum absolute atomic E-state index is 0.000131. The van der Waals surface area contributed by atoms with Gasteiger partial charge in [-0.05, 0) is 113 Å². The SMILES string of the molecule is CC1(C)c2ccccc2-c2ccc(-c3ccc4c(c3)C(C)(C)c3cc(-c5ccc6c(c5)C(C)(C)c5ccccc5-6)ccc3-4)cc21. The van der Waals surface area contributed by atoms with Crippen molar-refractivity contribution < 1.29 is 0 Å². The predicted octanol–water partition coefficient (Wildman–Crippen LogP) is 11.9. The van der Waals surface area contributed by atoms with Gasteiger partial charge in [-0.15, -0.1) is 0 Å². The summed E-state index contributed by atoms with van der Waals surface area (Å²) in [7, 11) is 0. The van der Waals surface area contributed by atoms with Crippen LogP contribution in [0.1, 0.15) is 74.9 Å². The lowest BCUT2D eigenvalue weighted by Crippen LogP contribution is -2.16. The Labute approximate surface area is 267 Å². The van der Waals surface area contributed by atoms with Crippen LogP contribution in [0.15, 0.2) is 121 Å². The van der Waals surface area contributed by atoms with E-state index in [9.17, 15) is 0 Å². The van der Waals surface area contributed by atoms with Crippen molar-refractivity contribution in [1.82, 2.24) is 0 Å². The molecule has 0 N–H and O–H groups in total. The van der Waals surface area contributed by atoms with E-state index >= 15 is 0 Å². The minimum atomic E-state index is -0.0881. The van der Waals surface area contributed by atoms with E-state index < -0.39 is 0 Å². The van der Waals surface area contributed by atoms with Crippen LogP contribution in [0.2, 0.25) is 0 Å². The molecule has 9 rings (SSSR count). The quantitative estimate of drug-likeness (QED) is 0.192. The molecular formula is C45H38. The van der Waals surface area contributed by atoms with Crippen LogP contribution in [0.25, 0.3) is 55.6 Å². The molecule has 0 nitrogen and oxygen atoms in total. The summed E-state index contributed by atoms with van der Waals surface area (Å²) >= 11 is 0. The van der Waals surface area contributed by atoms with Crippen LogP contribution in [0.4, 0.5) is 0 Å². The summed E-state index contributed by atoms with van der Waals surface area (Å²) in [5.74, 6) is 0. The summed E-state index contributed by atoms with van der Waals surface area (Å²) in [5, 5.41) is 0. The first-order chi connectivity index (χ1) is 21.6. The summed E-state index contributed by atoms with van der Waals surface area (Å²) in [6, 6.07) is 46.3. The fourth-order valence-corrected chi connectivity index (χ4v) is 8.86. The molecule has 0 fully saturated rings. The first kappa shape index (κ1) is 26.7. The van der Waals surface area contributed by atoms with Crippen LogP contribution in [0.3, 0.4) is 0 Å². The summed E-state index contributed by atoms with van der Waals surface area (Å²) in [6.45, 7) is 14.3. The standard InChI is InChI=1S/C45H38/c1-43(2)37-13-9-7-11-31(37)33-19-15-27(23-39(33)43)29-17-21-35-36-22-18-30(26-42(36)45(5,6)41(35)25-29)28-16-20-34-32-12-8-10-14-38(32)44(3,4)40(34)24-28/h7-26H,1-6H3. The average molecular weight is 579 g/mol. The fourth-order valence-electron chi connectivity index (χ4n) is 8.86. The predicted molar refractivity (Wildman–Crippen MR) is 190 cm³/mol. The van der Waals surface area contributed by atoms with E-state index in [2.05, 4.69) is 163 Å². The van der Waals surface area contributed by atoms with E-state index in [4.69, 9.17) is 0 Å². The van der Waals surface area contributed by atoms with Gasteiger partial charge in [-0.25, -0.2) is 0 Å². The summed E-state index contributed by atoms with van der Waals surface area (Å²) in [4.78, 5) is 0. The van der Waals surface area contributed by atoms with Crippen LogP contribution < -0.4 is 0 Å². The molecule has 0 atom stereocenters. The van der Waals surface area contributed by atoms with Gasteiger partial charge in [0.25, 0.3) is 0 Å². The monoisotopic (exact) mass is 578 g/mol. The number of hydrogen-bond acceptors (Lipinski definition) is 0. The highest BCUT2D eigenvalue weighted by Gasteiger charge is 2.38. The number of benzene rings is 6. The van der Waals surface area contributed by atoms with Gasteiger partial charge in [-0.3, -0.25) is 0 Å².